The molecule has 2 N–H and O–H groups in total. The number of rotatable bonds is 10. The third-order valence-electron chi connectivity index (χ3n) is 3.92. The normalized spacial score (nSPS) is 12.3. The summed E-state index contributed by atoms with van der Waals surface area (Å²) in [6.07, 6.45) is 4.02. The molecule has 0 fully saturated rings. The lowest BCUT2D eigenvalue weighted by Crippen LogP contribution is -2.38. The van der Waals surface area contributed by atoms with E-state index in [1.165, 1.54) is 10.4 Å². The molecule has 5 nitrogen and oxygen atoms in total. The van der Waals surface area contributed by atoms with Gasteiger partial charge < -0.3 is 15.4 Å². The second kappa shape index (κ2) is 13.9. The van der Waals surface area contributed by atoms with Gasteiger partial charge in [0.25, 0.3) is 0 Å². The lowest BCUT2D eigenvalue weighted by molar-refractivity contribution is 0.0646. The van der Waals surface area contributed by atoms with Crippen LogP contribution in [-0.4, -0.2) is 30.6 Å². The van der Waals surface area contributed by atoms with Crippen molar-refractivity contribution in [2.45, 2.75) is 46.3 Å². The molecule has 0 aliphatic carbocycles. The number of aliphatic imine (C=N–C) groups is 1. The highest BCUT2D eigenvalue weighted by Gasteiger charge is 2.05. The van der Waals surface area contributed by atoms with E-state index in [0.29, 0.717) is 6.54 Å². The van der Waals surface area contributed by atoms with Crippen LogP contribution in [0.4, 0.5) is 0 Å². The predicted molar refractivity (Wildman–Crippen MR) is 125 cm³/mol. The van der Waals surface area contributed by atoms with Crippen LogP contribution in [0.2, 0.25) is 0 Å². The lowest BCUT2D eigenvalue weighted by atomic mass is 10.1. The molecule has 1 atom stereocenters. The molecule has 0 spiro atoms. The van der Waals surface area contributed by atoms with Crippen LogP contribution in [-0.2, 0) is 17.7 Å². The van der Waals surface area contributed by atoms with Crippen molar-refractivity contribution in [3.8, 4) is 0 Å². The van der Waals surface area contributed by atoms with Crippen molar-refractivity contribution in [2.75, 3.05) is 19.7 Å². The molecule has 0 saturated heterocycles. The van der Waals surface area contributed by atoms with Gasteiger partial charge in [0.1, 0.15) is 5.01 Å². The van der Waals surface area contributed by atoms with E-state index in [9.17, 15) is 0 Å². The molecule has 2 rings (SSSR count). The third kappa shape index (κ3) is 9.03. The second-order valence-electron chi connectivity index (χ2n) is 5.97. The molecule has 0 aliphatic heterocycles. The van der Waals surface area contributed by atoms with Crippen molar-refractivity contribution in [1.29, 1.82) is 0 Å². The summed E-state index contributed by atoms with van der Waals surface area (Å²) in [5, 5.41) is 7.69. The number of nitrogens with one attached hydrogen (secondary N) is 2. The Hall–Kier alpha value is -1.19. The number of nitrogens with zero attached hydrogens (tertiary/aromatic N) is 2. The van der Waals surface area contributed by atoms with Crippen LogP contribution >= 0.6 is 35.3 Å². The largest absolute Gasteiger partial charge is 0.374 e. The van der Waals surface area contributed by atoms with Crippen LogP contribution in [0.3, 0.4) is 0 Å². The average molecular weight is 502 g/mol. The number of hydrogen-bond donors (Lipinski definition) is 2. The Morgan fingerprint density at radius 3 is 2.67 bits per heavy atom. The number of halogens is 1. The van der Waals surface area contributed by atoms with Crippen LogP contribution in [0.1, 0.15) is 48.7 Å². The van der Waals surface area contributed by atoms with Gasteiger partial charge >= 0.3 is 0 Å². The fourth-order valence-corrected chi connectivity index (χ4v) is 3.22. The van der Waals surface area contributed by atoms with Gasteiger partial charge in [-0.05, 0) is 32.3 Å². The van der Waals surface area contributed by atoms with Crippen molar-refractivity contribution in [1.82, 2.24) is 15.6 Å². The summed E-state index contributed by atoms with van der Waals surface area (Å²) in [5.74, 6) is 0.830. The third-order valence-corrected chi connectivity index (χ3v) is 5.04. The van der Waals surface area contributed by atoms with Gasteiger partial charge in [0.05, 0.1) is 12.6 Å². The minimum atomic E-state index is 0. The molecule has 0 radical (unpaired) electrons. The Morgan fingerprint density at radius 1 is 1.22 bits per heavy atom. The summed E-state index contributed by atoms with van der Waals surface area (Å²) in [7, 11) is 0. The molecule has 1 unspecified atom stereocenters. The first kappa shape index (κ1) is 23.8. The number of hydrogen-bond acceptors (Lipinski definition) is 4. The monoisotopic (exact) mass is 502 g/mol. The summed E-state index contributed by atoms with van der Waals surface area (Å²) in [5.41, 5.74) is 1.21. The van der Waals surface area contributed by atoms with Gasteiger partial charge in [0, 0.05) is 30.8 Å². The van der Waals surface area contributed by atoms with Crippen LogP contribution < -0.4 is 10.6 Å². The highest BCUT2D eigenvalue weighted by Crippen LogP contribution is 2.16. The maximum absolute atomic E-state index is 5.91. The Kier molecular flexibility index (Phi) is 12.3. The summed E-state index contributed by atoms with van der Waals surface area (Å²) in [6.45, 7) is 9.30. The van der Waals surface area contributed by atoms with Crippen molar-refractivity contribution in [2.24, 2.45) is 4.99 Å². The number of aryl methyl sites for hydroxylation is 1. The molecular weight excluding hydrogens is 471 g/mol. The molecule has 0 aliphatic rings. The first-order valence-electron chi connectivity index (χ1n) is 9.35. The maximum atomic E-state index is 5.91. The number of aromatic nitrogens is 1. The fraction of sp³-hybridized carbons (Fsp3) is 0.500. The van der Waals surface area contributed by atoms with Gasteiger partial charge in [-0.1, -0.05) is 37.3 Å². The number of thiazole rings is 1. The van der Waals surface area contributed by atoms with E-state index in [1.54, 1.807) is 11.3 Å². The van der Waals surface area contributed by atoms with Gasteiger partial charge in [0.2, 0.25) is 0 Å². The smallest absolute Gasteiger partial charge is 0.191 e. The van der Waals surface area contributed by atoms with Crippen molar-refractivity contribution in [3.63, 3.8) is 0 Å². The zero-order chi connectivity index (χ0) is 18.6. The molecule has 1 aromatic carbocycles. The van der Waals surface area contributed by atoms with E-state index in [4.69, 9.17) is 4.74 Å². The molecule has 0 bridgehead atoms. The molecule has 2 aromatic rings. The number of guanidine groups is 1. The van der Waals surface area contributed by atoms with E-state index >= 15 is 0 Å². The molecule has 7 heteroatoms. The molecule has 0 amide bonds. The zero-order valence-corrected chi connectivity index (χ0v) is 19.6. The average Bonchev–Trinajstić information content (AvgIpc) is 3.14. The van der Waals surface area contributed by atoms with E-state index in [2.05, 4.69) is 53.5 Å². The first-order valence-corrected chi connectivity index (χ1v) is 10.2. The quantitative estimate of drug-likeness (QED) is 0.217. The summed E-state index contributed by atoms with van der Waals surface area (Å²) in [4.78, 5) is 10.3. The van der Waals surface area contributed by atoms with E-state index in [1.807, 2.05) is 24.4 Å². The lowest BCUT2D eigenvalue weighted by Gasteiger charge is -2.14. The summed E-state index contributed by atoms with van der Waals surface area (Å²) >= 11 is 1.73. The van der Waals surface area contributed by atoms with Crippen LogP contribution in [0, 0.1) is 0 Å². The summed E-state index contributed by atoms with van der Waals surface area (Å²) in [6, 6.07) is 10.3. The molecule has 1 aromatic heterocycles. The van der Waals surface area contributed by atoms with Gasteiger partial charge in [-0.2, -0.15) is 0 Å². The second-order valence-corrected chi connectivity index (χ2v) is 7.17. The molecule has 1 heterocycles. The van der Waals surface area contributed by atoms with Crippen LogP contribution in [0.15, 0.2) is 41.5 Å². The molecule has 0 saturated carbocycles. The Morgan fingerprint density at radius 2 is 2.00 bits per heavy atom. The van der Waals surface area contributed by atoms with Crippen molar-refractivity contribution in [3.05, 3.63) is 52.0 Å². The molecule has 150 valence electrons. The standard InChI is InChI=1S/C20H30N4OS.HI/c1-4-18-14-23-19(26-18)15-24-20(21-5-2)22-12-9-13-25-16(3)17-10-7-6-8-11-17;/h6-8,10-11,14,16H,4-5,9,12-13,15H2,1-3H3,(H2,21,22,24);1H. The maximum Gasteiger partial charge on any atom is 0.191 e. The minimum Gasteiger partial charge on any atom is -0.374 e. The SMILES string of the molecule is CCNC(=NCc1ncc(CC)s1)NCCCOC(C)c1ccccc1.I. The minimum absolute atomic E-state index is 0. The van der Waals surface area contributed by atoms with Gasteiger partial charge in [0.15, 0.2) is 5.96 Å². The Labute approximate surface area is 184 Å². The van der Waals surface area contributed by atoms with Crippen LogP contribution in [0.25, 0.3) is 0 Å². The van der Waals surface area contributed by atoms with Crippen LogP contribution in [0.5, 0.6) is 0 Å². The fourth-order valence-electron chi connectivity index (χ4n) is 2.43. The van der Waals surface area contributed by atoms with E-state index in [0.717, 1.165) is 43.5 Å². The van der Waals surface area contributed by atoms with Crippen molar-refractivity contribution >= 4 is 41.3 Å². The Bertz CT molecular complexity index is 663. The highest BCUT2D eigenvalue weighted by molar-refractivity contribution is 14.0. The zero-order valence-electron chi connectivity index (χ0n) is 16.4. The topological polar surface area (TPSA) is 58.5 Å². The number of benzene rings is 1. The summed E-state index contributed by atoms with van der Waals surface area (Å²) < 4.78 is 5.91. The number of ether oxygens (including phenoxy) is 1. The molecular formula is C20H31IN4OS. The predicted octanol–water partition coefficient (Wildman–Crippen LogP) is 4.55. The van der Waals surface area contributed by atoms with E-state index < -0.39 is 0 Å². The van der Waals surface area contributed by atoms with Crippen molar-refractivity contribution < 1.29 is 4.74 Å². The van der Waals surface area contributed by atoms with Gasteiger partial charge in [-0.25, -0.2) is 9.98 Å². The molecule has 27 heavy (non-hydrogen) atoms. The first-order chi connectivity index (χ1) is 12.7. The van der Waals surface area contributed by atoms with Gasteiger partial charge in [-0.15, -0.1) is 35.3 Å². The van der Waals surface area contributed by atoms with E-state index in [-0.39, 0.29) is 30.1 Å². The Balaban J connectivity index is 0.00000364. The van der Waals surface area contributed by atoms with Gasteiger partial charge in [-0.3, -0.25) is 0 Å². The highest BCUT2D eigenvalue weighted by atomic mass is 127.